The first kappa shape index (κ1) is 14.9. The van der Waals surface area contributed by atoms with Gasteiger partial charge in [0.1, 0.15) is 0 Å². The average Bonchev–Trinajstić information content (AvgIpc) is 2.20. The van der Waals surface area contributed by atoms with E-state index in [0.717, 1.165) is 38.7 Å². The standard InChI is InChI=1S/C12H28N2O/c1-12(2)6-4-5-7-13-8-9-14-10-11-15-3/h12-14H,4-11H2,1-3H3. The number of hydrogen-bond acceptors (Lipinski definition) is 3. The van der Waals surface area contributed by atoms with Crippen LogP contribution in [0.4, 0.5) is 0 Å². The van der Waals surface area contributed by atoms with E-state index in [1.54, 1.807) is 7.11 Å². The zero-order valence-corrected chi connectivity index (χ0v) is 10.6. The lowest BCUT2D eigenvalue weighted by molar-refractivity contribution is 0.199. The van der Waals surface area contributed by atoms with Crippen LogP contribution in [0.15, 0.2) is 0 Å². The molecular weight excluding hydrogens is 188 g/mol. The van der Waals surface area contributed by atoms with Crippen LogP contribution < -0.4 is 10.6 Å². The molecule has 15 heavy (non-hydrogen) atoms. The Kier molecular flexibility index (Phi) is 11.9. The Morgan fingerprint density at radius 2 is 1.60 bits per heavy atom. The van der Waals surface area contributed by atoms with Crippen LogP contribution in [-0.4, -0.2) is 39.9 Å². The predicted molar refractivity (Wildman–Crippen MR) is 66.3 cm³/mol. The third-order valence-corrected chi connectivity index (χ3v) is 2.35. The SMILES string of the molecule is COCCNCCNCCCCC(C)C. The van der Waals surface area contributed by atoms with E-state index >= 15 is 0 Å². The molecule has 0 unspecified atom stereocenters. The highest BCUT2D eigenvalue weighted by Gasteiger charge is 1.93. The molecule has 0 aromatic carbocycles. The normalized spacial score (nSPS) is 11.2. The summed E-state index contributed by atoms with van der Waals surface area (Å²) >= 11 is 0. The van der Waals surface area contributed by atoms with Gasteiger partial charge in [-0.1, -0.05) is 26.7 Å². The maximum Gasteiger partial charge on any atom is 0.0587 e. The van der Waals surface area contributed by atoms with Gasteiger partial charge in [0.05, 0.1) is 6.61 Å². The Labute approximate surface area is 95.0 Å². The van der Waals surface area contributed by atoms with Gasteiger partial charge >= 0.3 is 0 Å². The van der Waals surface area contributed by atoms with Crippen molar-refractivity contribution in [2.24, 2.45) is 5.92 Å². The van der Waals surface area contributed by atoms with Crippen LogP contribution in [0.1, 0.15) is 33.1 Å². The van der Waals surface area contributed by atoms with Gasteiger partial charge in [-0.25, -0.2) is 0 Å². The molecule has 0 aliphatic heterocycles. The zero-order valence-electron chi connectivity index (χ0n) is 10.6. The Morgan fingerprint density at radius 3 is 2.20 bits per heavy atom. The molecule has 0 radical (unpaired) electrons. The van der Waals surface area contributed by atoms with Crippen molar-refractivity contribution in [1.82, 2.24) is 10.6 Å². The van der Waals surface area contributed by atoms with Crippen molar-refractivity contribution < 1.29 is 4.74 Å². The Hall–Kier alpha value is -0.120. The average molecular weight is 216 g/mol. The fourth-order valence-electron chi connectivity index (χ4n) is 1.40. The molecule has 3 nitrogen and oxygen atoms in total. The van der Waals surface area contributed by atoms with Gasteiger partial charge in [-0.3, -0.25) is 0 Å². The molecule has 0 spiro atoms. The summed E-state index contributed by atoms with van der Waals surface area (Å²) < 4.78 is 4.94. The molecule has 0 heterocycles. The summed E-state index contributed by atoms with van der Waals surface area (Å²) in [5, 5.41) is 6.74. The Morgan fingerprint density at radius 1 is 0.933 bits per heavy atom. The Balaban J connectivity index is 2.87. The molecule has 0 fully saturated rings. The predicted octanol–water partition coefficient (Wildman–Crippen LogP) is 1.64. The van der Waals surface area contributed by atoms with E-state index in [2.05, 4.69) is 24.5 Å². The lowest BCUT2D eigenvalue weighted by Crippen LogP contribution is -2.29. The number of rotatable bonds is 11. The van der Waals surface area contributed by atoms with Gasteiger partial charge in [-0.15, -0.1) is 0 Å². The second-order valence-corrected chi connectivity index (χ2v) is 4.38. The van der Waals surface area contributed by atoms with Gasteiger partial charge in [-0.2, -0.15) is 0 Å². The topological polar surface area (TPSA) is 33.3 Å². The molecule has 0 saturated heterocycles. The van der Waals surface area contributed by atoms with Gasteiger partial charge in [0, 0.05) is 26.7 Å². The number of nitrogens with one attached hydrogen (secondary N) is 2. The first-order valence-electron chi connectivity index (χ1n) is 6.17. The Bertz CT molecular complexity index is 118. The smallest absolute Gasteiger partial charge is 0.0587 e. The summed E-state index contributed by atoms with van der Waals surface area (Å²) in [5.41, 5.74) is 0. The molecule has 92 valence electrons. The summed E-state index contributed by atoms with van der Waals surface area (Å²) in [6.45, 7) is 9.57. The van der Waals surface area contributed by atoms with E-state index in [9.17, 15) is 0 Å². The third kappa shape index (κ3) is 13.9. The summed E-state index contributed by atoms with van der Waals surface area (Å²) in [6, 6.07) is 0. The molecule has 0 aromatic heterocycles. The monoisotopic (exact) mass is 216 g/mol. The van der Waals surface area contributed by atoms with E-state index in [-0.39, 0.29) is 0 Å². The van der Waals surface area contributed by atoms with Crippen molar-refractivity contribution in [2.45, 2.75) is 33.1 Å². The molecule has 0 atom stereocenters. The number of hydrogen-bond donors (Lipinski definition) is 2. The van der Waals surface area contributed by atoms with Gasteiger partial charge in [-0.05, 0) is 18.9 Å². The maximum absolute atomic E-state index is 4.94. The molecule has 0 bridgehead atoms. The van der Waals surface area contributed by atoms with Crippen LogP contribution in [0.2, 0.25) is 0 Å². The molecule has 0 aromatic rings. The quantitative estimate of drug-likeness (QED) is 0.515. The fourth-order valence-corrected chi connectivity index (χ4v) is 1.40. The number of methoxy groups -OCH3 is 1. The van der Waals surface area contributed by atoms with Crippen molar-refractivity contribution in [3.63, 3.8) is 0 Å². The van der Waals surface area contributed by atoms with Crippen LogP contribution in [0.5, 0.6) is 0 Å². The van der Waals surface area contributed by atoms with E-state index in [1.165, 1.54) is 19.3 Å². The second-order valence-electron chi connectivity index (χ2n) is 4.38. The van der Waals surface area contributed by atoms with E-state index in [0.29, 0.717) is 0 Å². The lowest BCUT2D eigenvalue weighted by Gasteiger charge is -2.07. The van der Waals surface area contributed by atoms with Crippen LogP contribution >= 0.6 is 0 Å². The van der Waals surface area contributed by atoms with Gasteiger partial charge in [0.25, 0.3) is 0 Å². The highest BCUT2D eigenvalue weighted by atomic mass is 16.5. The van der Waals surface area contributed by atoms with Crippen LogP contribution in [0.25, 0.3) is 0 Å². The molecule has 0 saturated carbocycles. The summed E-state index contributed by atoms with van der Waals surface area (Å²) in [6.07, 6.45) is 4.01. The number of unbranched alkanes of at least 4 members (excludes halogenated alkanes) is 1. The zero-order chi connectivity index (χ0) is 11.4. The molecule has 0 amide bonds. The molecule has 2 N–H and O–H groups in total. The second kappa shape index (κ2) is 12.0. The summed E-state index contributed by atoms with van der Waals surface area (Å²) in [4.78, 5) is 0. The molecular formula is C12H28N2O. The van der Waals surface area contributed by atoms with Crippen molar-refractivity contribution in [2.75, 3.05) is 39.9 Å². The first-order valence-corrected chi connectivity index (χ1v) is 6.17. The number of ether oxygens (including phenoxy) is 1. The first-order chi connectivity index (χ1) is 7.27. The van der Waals surface area contributed by atoms with Crippen LogP contribution in [0.3, 0.4) is 0 Å². The van der Waals surface area contributed by atoms with Crippen LogP contribution in [0, 0.1) is 5.92 Å². The fraction of sp³-hybridized carbons (Fsp3) is 1.00. The third-order valence-electron chi connectivity index (χ3n) is 2.35. The minimum absolute atomic E-state index is 0.800. The summed E-state index contributed by atoms with van der Waals surface area (Å²) in [7, 11) is 1.73. The maximum atomic E-state index is 4.94. The molecule has 0 aliphatic rings. The highest BCUT2D eigenvalue weighted by Crippen LogP contribution is 2.04. The molecule has 3 heteroatoms. The van der Waals surface area contributed by atoms with Crippen molar-refractivity contribution in [1.29, 1.82) is 0 Å². The van der Waals surface area contributed by atoms with Crippen molar-refractivity contribution in [3.8, 4) is 0 Å². The summed E-state index contributed by atoms with van der Waals surface area (Å²) in [5.74, 6) is 0.848. The minimum Gasteiger partial charge on any atom is -0.383 e. The highest BCUT2D eigenvalue weighted by molar-refractivity contribution is 4.53. The molecule has 0 aliphatic carbocycles. The van der Waals surface area contributed by atoms with Crippen LogP contribution in [-0.2, 0) is 4.74 Å². The van der Waals surface area contributed by atoms with E-state index in [1.807, 2.05) is 0 Å². The van der Waals surface area contributed by atoms with E-state index in [4.69, 9.17) is 4.74 Å². The minimum atomic E-state index is 0.800. The molecule has 0 rings (SSSR count). The van der Waals surface area contributed by atoms with Gasteiger partial charge < -0.3 is 15.4 Å². The largest absolute Gasteiger partial charge is 0.383 e. The van der Waals surface area contributed by atoms with Crippen molar-refractivity contribution in [3.05, 3.63) is 0 Å². The van der Waals surface area contributed by atoms with Gasteiger partial charge in [0.15, 0.2) is 0 Å². The van der Waals surface area contributed by atoms with Crippen molar-refractivity contribution >= 4 is 0 Å². The van der Waals surface area contributed by atoms with E-state index < -0.39 is 0 Å². The lowest BCUT2D eigenvalue weighted by atomic mass is 10.1. The van der Waals surface area contributed by atoms with Gasteiger partial charge in [0.2, 0.25) is 0 Å².